The third-order valence-corrected chi connectivity index (χ3v) is 3.09. The average molecular weight is 234 g/mol. The summed E-state index contributed by atoms with van der Waals surface area (Å²) >= 11 is 0. The molecule has 0 atom stereocenters. The van der Waals surface area contributed by atoms with Gasteiger partial charge in [-0.1, -0.05) is 0 Å². The van der Waals surface area contributed by atoms with E-state index in [1.165, 1.54) is 6.42 Å². The van der Waals surface area contributed by atoms with Crippen LogP contribution in [0.5, 0.6) is 11.5 Å². The van der Waals surface area contributed by atoms with E-state index in [0.29, 0.717) is 22.9 Å². The summed E-state index contributed by atoms with van der Waals surface area (Å²) in [6.45, 7) is 0.0370. The number of carbonyl (C=O) groups is 1. The molecule has 17 heavy (non-hydrogen) atoms. The number of amides is 1. The molecule has 2 aliphatic rings. The van der Waals surface area contributed by atoms with E-state index in [9.17, 15) is 4.79 Å². The highest BCUT2D eigenvalue weighted by atomic mass is 16.5. The summed E-state index contributed by atoms with van der Waals surface area (Å²) in [6, 6.07) is 3.43. The molecule has 3 N–H and O–H groups in total. The van der Waals surface area contributed by atoms with Crippen LogP contribution in [0.1, 0.15) is 19.3 Å². The molecule has 0 unspecified atom stereocenters. The lowest BCUT2D eigenvalue weighted by molar-refractivity contribution is -0.118. The zero-order valence-electron chi connectivity index (χ0n) is 9.36. The molecular formula is C12H14N2O3. The van der Waals surface area contributed by atoms with Gasteiger partial charge in [0.15, 0.2) is 6.61 Å². The minimum Gasteiger partial charge on any atom is -0.488 e. The Balaban J connectivity index is 1.88. The number of ether oxygens (including phenoxy) is 2. The van der Waals surface area contributed by atoms with E-state index in [4.69, 9.17) is 15.2 Å². The van der Waals surface area contributed by atoms with Gasteiger partial charge in [-0.05, 0) is 19.3 Å². The monoisotopic (exact) mass is 234 g/mol. The molecule has 1 aliphatic carbocycles. The standard InChI is InChI=1S/C12H14N2O3/c13-8-4-11-9(14-12(15)6-16-11)5-10(8)17-7-2-1-3-7/h4-5,7H,1-3,6,13H2,(H,14,15). The fraction of sp³-hybridized carbons (Fsp3) is 0.417. The molecule has 5 heteroatoms. The number of benzene rings is 1. The first kappa shape index (κ1) is 10.3. The fourth-order valence-corrected chi connectivity index (χ4v) is 1.89. The molecule has 0 bridgehead atoms. The number of nitrogens with two attached hydrogens (primary N) is 1. The van der Waals surface area contributed by atoms with Crippen molar-refractivity contribution in [2.45, 2.75) is 25.4 Å². The van der Waals surface area contributed by atoms with E-state index in [-0.39, 0.29) is 18.6 Å². The van der Waals surface area contributed by atoms with E-state index in [2.05, 4.69) is 5.32 Å². The number of anilines is 2. The van der Waals surface area contributed by atoms with Gasteiger partial charge in [-0.3, -0.25) is 4.79 Å². The molecule has 90 valence electrons. The quantitative estimate of drug-likeness (QED) is 0.761. The maximum absolute atomic E-state index is 11.2. The number of nitrogens with one attached hydrogen (secondary N) is 1. The molecule has 1 aromatic carbocycles. The topological polar surface area (TPSA) is 73.6 Å². The number of carbonyl (C=O) groups excluding carboxylic acids is 1. The number of fused-ring (bicyclic) bond motifs is 1. The van der Waals surface area contributed by atoms with Crippen molar-refractivity contribution in [3.05, 3.63) is 12.1 Å². The molecule has 5 nitrogen and oxygen atoms in total. The predicted molar refractivity (Wildman–Crippen MR) is 63.2 cm³/mol. The van der Waals surface area contributed by atoms with Gasteiger partial charge >= 0.3 is 0 Å². The summed E-state index contributed by atoms with van der Waals surface area (Å²) in [6.07, 6.45) is 3.60. The summed E-state index contributed by atoms with van der Waals surface area (Å²) in [5, 5.41) is 2.74. The smallest absolute Gasteiger partial charge is 0.262 e. The Morgan fingerprint density at radius 3 is 2.94 bits per heavy atom. The molecule has 0 aromatic heterocycles. The van der Waals surface area contributed by atoms with Gasteiger partial charge in [0.2, 0.25) is 0 Å². The van der Waals surface area contributed by atoms with E-state index in [1.54, 1.807) is 12.1 Å². The Kier molecular flexibility index (Phi) is 2.31. The van der Waals surface area contributed by atoms with Crippen LogP contribution in [0, 0.1) is 0 Å². The average Bonchev–Trinajstić information content (AvgIpc) is 2.24. The van der Waals surface area contributed by atoms with Gasteiger partial charge in [-0.2, -0.15) is 0 Å². The summed E-state index contributed by atoms with van der Waals surface area (Å²) < 4.78 is 11.0. The van der Waals surface area contributed by atoms with Crippen LogP contribution in [-0.2, 0) is 4.79 Å². The van der Waals surface area contributed by atoms with Crippen LogP contribution in [0.2, 0.25) is 0 Å². The number of hydrogen-bond acceptors (Lipinski definition) is 4. The van der Waals surface area contributed by atoms with Crippen molar-refractivity contribution >= 4 is 17.3 Å². The number of rotatable bonds is 2. The second-order valence-corrected chi connectivity index (χ2v) is 4.39. The van der Waals surface area contributed by atoms with Crippen LogP contribution in [0.4, 0.5) is 11.4 Å². The van der Waals surface area contributed by atoms with Gasteiger partial charge in [0.25, 0.3) is 5.91 Å². The third-order valence-electron chi connectivity index (χ3n) is 3.09. The Bertz CT molecular complexity index is 469. The Morgan fingerprint density at radius 2 is 2.24 bits per heavy atom. The Morgan fingerprint density at radius 1 is 1.41 bits per heavy atom. The minimum absolute atomic E-state index is 0.0370. The van der Waals surface area contributed by atoms with Crippen LogP contribution >= 0.6 is 0 Å². The van der Waals surface area contributed by atoms with Gasteiger partial charge in [0, 0.05) is 12.1 Å². The van der Waals surface area contributed by atoms with Crippen molar-refractivity contribution in [1.29, 1.82) is 0 Å². The normalized spacial score (nSPS) is 18.7. The highest BCUT2D eigenvalue weighted by Gasteiger charge is 2.23. The molecule has 1 amide bonds. The number of hydrogen-bond donors (Lipinski definition) is 2. The van der Waals surface area contributed by atoms with Gasteiger partial charge in [0.1, 0.15) is 11.5 Å². The molecule has 3 rings (SSSR count). The highest BCUT2D eigenvalue weighted by molar-refractivity contribution is 5.96. The van der Waals surface area contributed by atoms with Crippen LogP contribution in [0.15, 0.2) is 12.1 Å². The Labute approximate surface area is 98.9 Å². The fourth-order valence-electron chi connectivity index (χ4n) is 1.89. The molecule has 1 fully saturated rings. The zero-order valence-corrected chi connectivity index (χ0v) is 9.36. The maximum Gasteiger partial charge on any atom is 0.262 e. The first-order valence-corrected chi connectivity index (χ1v) is 5.75. The summed E-state index contributed by atoms with van der Waals surface area (Å²) in [5.74, 6) is 1.07. The molecule has 0 radical (unpaired) electrons. The van der Waals surface area contributed by atoms with E-state index < -0.39 is 0 Å². The molecule has 1 aliphatic heterocycles. The van der Waals surface area contributed by atoms with Crippen LogP contribution in [0.3, 0.4) is 0 Å². The van der Waals surface area contributed by atoms with Gasteiger partial charge in [-0.25, -0.2) is 0 Å². The van der Waals surface area contributed by atoms with Crippen molar-refractivity contribution in [3.63, 3.8) is 0 Å². The maximum atomic E-state index is 11.2. The van der Waals surface area contributed by atoms with E-state index in [0.717, 1.165) is 12.8 Å². The lowest BCUT2D eigenvalue weighted by Crippen LogP contribution is -2.27. The summed E-state index contributed by atoms with van der Waals surface area (Å²) in [4.78, 5) is 11.2. The SMILES string of the molecule is Nc1cc2c(cc1OC1CCC1)NC(=O)CO2. The van der Waals surface area contributed by atoms with Crippen LogP contribution in [-0.4, -0.2) is 18.6 Å². The molecular weight excluding hydrogens is 220 g/mol. The van der Waals surface area contributed by atoms with Gasteiger partial charge in [-0.15, -0.1) is 0 Å². The molecule has 1 saturated carbocycles. The van der Waals surface area contributed by atoms with E-state index >= 15 is 0 Å². The lowest BCUT2D eigenvalue weighted by atomic mass is 9.96. The Hall–Kier alpha value is -1.91. The van der Waals surface area contributed by atoms with Crippen molar-refractivity contribution in [2.24, 2.45) is 0 Å². The molecule has 1 aromatic rings. The summed E-state index contributed by atoms with van der Waals surface area (Å²) in [5.41, 5.74) is 7.07. The van der Waals surface area contributed by atoms with Gasteiger partial charge < -0.3 is 20.5 Å². The third kappa shape index (κ3) is 1.88. The first-order valence-electron chi connectivity index (χ1n) is 5.75. The number of nitrogen functional groups attached to an aromatic ring is 1. The van der Waals surface area contributed by atoms with Crippen molar-refractivity contribution in [2.75, 3.05) is 17.7 Å². The molecule has 1 heterocycles. The van der Waals surface area contributed by atoms with Crippen LogP contribution in [0.25, 0.3) is 0 Å². The second-order valence-electron chi connectivity index (χ2n) is 4.39. The zero-order chi connectivity index (χ0) is 11.8. The molecule has 0 spiro atoms. The van der Waals surface area contributed by atoms with Crippen molar-refractivity contribution < 1.29 is 14.3 Å². The summed E-state index contributed by atoms with van der Waals surface area (Å²) in [7, 11) is 0. The highest BCUT2D eigenvalue weighted by Crippen LogP contribution is 2.38. The largest absolute Gasteiger partial charge is 0.488 e. The van der Waals surface area contributed by atoms with Crippen LogP contribution < -0.4 is 20.5 Å². The predicted octanol–water partition coefficient (Wildman–Crippen LogP) is 1.53. The van der Waals surface area contributed by atoms with E-state index in [1.807, 2.05) is 0 Å². The lowest BCUT2D eigenvalue weighted by Gasteiger charge is -2.28. The van der Waals surface area contributed by atoms with Crippen molar-refractivity contribution in [1.82, 2.24) is 0 Å². The van der Waals surface area contributed by atoms with Gasteiger partial charge in [0.05, 0.1) is 17.5 Å². The minimum atomic E-state index is -0.156. The van der Waals surface area contributed by atoms with Crippen molar-refractivity contribution in [3.8, 4) is 11.5 Å². The second kappa shape index (κ2) is 3.84. The molecule has 0 saturated heterocycles. The first-order chi connectivity index (χ1) is 8.22.